The highest BCUT2D eigenvalue weighted by Crippen LogP contribution is 2.22. The summed E-state index contributed by atoms with van der Waals surface area (Å²) in [6.45, 7) is 7.67. The lowest BCUT2D eigenvalue weighted by Crippen LogP contribution is -2.36. The summed E-state index contributed by atoms with van der Waals surface area (Å²) in [4.78, 5) is 0. The van der Waals surface area contributed by atoms with Gasteiger partial charge in [0, 0.05) is 15.6 Å². The van der Waals surface area contributed by atoms with Crippen LogP contribution in [0.1, 0.15) is 45.6 Å². The van der Waals surface area contributed by atoms with Gasteiger partial charge >= 0.3 is 0 Å². The second-order valence-corrected chi connectivity index (χ2v) is 6.57. The molecule has 3 heteroatoms. The molecule has 0 saturated heterocycles. The molecule has 0 atom stereocenters. The van der Waals surface area contributed by atoms with Gasteiger partial charge in [0.05, 0.1) is 0 Å². The second-order valence-electron chi connectivity index (χ2n) is 5.72. The number of halogens is 2. The minimum Gasteiger partial charge on any atom is -0.312 e. The van der Waals surface area contributed by atoms with Crippen molar-refractivity contribution in [3.05, 3.63) is 33.8 Å². The summed E-state index contributed by atoms with van der Waals surface area (Å²) >= 11 is 12.0. The van der Waals surface area contributed by atoms with Crippen molar-refractivity contribution in [2.24, 2.45) is 0 Å². The number of rotatable bonds is 6. The van der Waals surface area contributed by atoms with Gasteiger partial charge in [0.25, 0.3) is 0 Å². The molecule has 0 fully saturated rings. The molecule has 1 rings (SSSR count). The molecule has 0 unspecified atom stereocenters. The molecule has 18 heavy (non-hydrogen) atoms. The van der Waals surface area contributed by atoms with Gasteiger partial charge in [-0.2, -0.15) is 0 Å². The van der Waals surface area contributed by atoms with Gasteiger partial charge in [-0.1, -0.05) is 35.7 Å². The highest BCUT2D eigenvalue weighted by molar-refractivity contribution is 6.35. The van der Waals surface area contributed by atoms with Gasteiger partial charge in [-0.3, -0.25) is 0 Å². The van der Waals surface area contributed by atoms with Gasteiger partial charge in [0.15, 0.2) is 0 Å². The van der Waals surface area contributed by atoms with E-state index in [0.717, 1.165) is 18.0 Å². The lowest BCUT2D eigenvalue weighted by Gasteiger charge is -2.20. The first kappa shape index (κ1) is 15.8. The van der Waals surface area contributed by atoms with E-state index in [0.29, 0.717) is 5.02 Å². The standard InChI is InChI=1S/C15H23Cl2N/c1-15(2,3)18-10-6-4-5-7-12-8-9-13(16)11-14(12)17/h8-9,11,18H,4-7,10H2,1-3H3. The number of hydrogen-bond donors (Lipinski definition) is 1. The number of aryl methyl sites for hydroxylation is 1. The third-order valence-corrected chi connectivity index (χ3v) is 3.38. The molecule has 0 aliphatic heterocycles. The van der Waals surface area contributed by atoms with Crippen molar-refractivity contribution in [1.82, 2.24) is 5.32 Å². The zero-order chi connectivity index (χ0) is 13.6. The molecule has 1 N–H and O–H groups in total. The van der Waals surface area contributed by atoms with Crippen molar-refractivity contribution in [3.8, 4) is 0 Å². The molecular formula is C15H23Cl2N. The van der Waals surface area contributed by atoms with Crippen LogP contribution in [0.15, 0.2) is 18.2 Å². The van der Waals surface area contributed by atoms with Crippen molar-refractivity contribution < 1.29 is 0 Å². The molecule has 0 aliphatic rings. The van der Waals surface area contributed by atoms with Gasteiger partial charge < -0.3 is 5.32 Å². The van der Waals surface area contributed by atoms with Crippen LogP contribution in [0, 0.1) is 0 Å². The third-order valence-electron chi connectivity index (χ3n) is 2.79. The Morgan fingerprint density at radius 3 is 2.39 bits per heavy atom. The molecule has 0 amide bonds. The summed E-state index contributed by atoms with van der Waals surface area (Å²) in [6.07, 6.45) is 4.64. The van der Waals surface area contributed by atoms with Crippen molar-refractivity contribution in [2.75, 3.05) is 6.54 Å². The van der Waals surface area contributed by atoms with E-state index in [9.17, 15) is 0 Å². The van der Waals surface area contributed by atoms with Crippen molar-refractivity contribution in [3.63, 3.8) is 0 Å². The molecule has 0 aliphatic carbocycles. The molecule has 1 nitrogen and oxygen atoms in total. The Balaban J connectivity index is 2.18. The minimum atomic E-state index is 0.222. The van der Waals surface area contributed by atoms with Crippen LogP contribution in [0.5, 0.6) is 0 Å². The van der Waals surface area contributed by atoms with Gasteiger partial charge in [-0.15, -0.1) is 0 Å². The first-order valence-electron chi connectivity index (χ1n) is 6.57. The first-order valence-corrected chi connectivity index (χ1v) is 7.33. The van der Waals surface area contributed by atoms with Crippen LogP contribution in [-0.4, -0.2) is 12.1 Å². The Labute approximate surface area is 121 Å². The Kier molecular flexibility index (Phi) is 6.48. The van der Waals surface area contributed by atoms with Crippen molar-refractivity contribution in [1.29, 1.82) is 0 Å². The lowest BCUT2D eigenvalue weighted by molar-refractivity contribution is 0.417. The fraction of sp³-hybridized carbons (Fsp3) is 0.600. The maximum absolute atomic E-state index is 6.13. The van der Waals surface area contributed by atoms with Crippen LogP contribution in [0.2, 0.25) is 10.0 Å². The molecule has 0 saturated carbocycles. The number of unbranched alkanes of at least 4 members (excludes halogenated alkanes) is 2. The molecule has 0 bridgehead atoms. The Morgan fingerprint density at radius 2 is 1.78 bits per heavy atom. The molecule has 0 heterocycles. The monoisotopic (exact) mass is 287 g/mol. The minimum absolute atomic E-state index is 0.222. The summed E-state index contributed by atoms with van der Waals surface area (Å²) in [7, 11) is 0. The van der Waals surface area contributed by atoms with Gasteiger partial charge in [-0.25, -0.2) is 0 Å². The highest BCUT2D eigenvalue weighted by atomic mass is 35.5. The number of benzene rings is 1. The fourth-order valence-electron chi connectivity index (χ4n) is 1.81. The fourth-order valence-corrected chi connectivity index (χ4v) is 2.31. The average molecular weight is 288 g/mol. The highest BCUT2D eigenvalue weighted by Gasteiger charge is 2.07. The van der Waals surface area contributed by atoms with Crippen LogP contribution in [0.4, 0.5) is 0 Å². The van der Waals surface area contributed by atoms with E-state index in [-0.39, 0.29) is 5.54 Å². The summed E-state index contributed by atoms with van der Waals surface area (Å²) in [5.41, 5.74) is 1.42. The van der Waals surface area contributed by atoms with E-state index in [1.54, 1.807) is 0 Å². The zero-order valence-corrected chi connectivity index (χ0v) is 13.0. The van der Waals surface area contributed by atoms with E-state index in [1.165, 1.54) is 24.8 Å². The molecule has 0 aromatic heterocycles. The average Bonchev–Trinajstić information content (AvgIpc) is 2.24. The summed E-state index contributed by atoms with van der Waals surface area (Å²) in [5, 5.41) is 4.99. The summed E-state index contributed by atoms with van der Waals surface area (Å²) < 4.78 is 0. The topological polar surface area (TPSA) is 12.0 Å². The maximum atomic E-state index is 6.13. The molecular weight excluding hydrogens is 265 g/mol. The number of hydrogen-bond acceptors (Lipinski definition) is 1. The summed E-state index contributed by atoms with van der Waals surface area (Å²) in [6, 6.07) is 5.75. The SMILES string of the molecule is CC(C)(C)NCCCCCc1ccc(Cl)cc1Cl. The van der Waals surface area contributed by atoms with Gasteiger partial charge in [0.1, 0.15) is 0 Å². The Hall–Kier alpha value is -0.240. The van der Waals surface area contributed by atoms with Crippen LogP contribution >= 0.6 is 23.2 Å². The number of nitrogens with one attached hydrogen (secondary N) is 1. The lowest BCUT2D eigenvalue weighted by atomic mass is 10.1. The van der Waals surface area contributed by atoms with E-state index in [4.69, 9.17) is 23.2 Å². The molecule has 0 spiro atoms. The van der Waals surface area contributed by atoms with Gasteiger partial charge in [-0.05, 0) is 64.3 Å². The summed E-state index contributed by atoms with van der Waals surface area (Å²) in [5.74, 6) is 0. The van der Waals surface area contributed by atoms with Crippen LogP contribution in [0.25, 0.3) is 0 Å². The van der Waals surface area contributed by atoms with Crippen molar-refractivity contribution in [2.45, 2.75) is 52.0 Å². The van der Waals surface area contributed by atoms with Crippen LogP contribution in [0.3, 0.4) is 0 Å². The normalized spacial score (nSPS) is 11.8. The van der Waals surface area contributed by atoms with E-state index < -0.39 is 0 Å². The zero-order valence-electron chi connectivity index (χ0n) is 11.5. The van der Waals surface area contributed by atoms with Crippen molar-refractivity contribution >= 4 is 23.2 Å². The second kappa shape index (κ2) is 7.37. The Morgan fingerprint density at radius 1 is 1.06 bits per heavy atom. The first-order chi connectivity index (χ1) is 8.38. The quantitative estimate of drug-likeness (QED) is 0.718. The molecule has 1 aromatic rings. The van der Waals surface area contributed by atoms with Crippen LogP contribution in [-0.2, 0) is 6.42 Å². The van der Waals surface area contributed by atoms with E-state index in [1.807, 2.05) is 18.2 Å². The van der Waals surface area contributed by atoms with Gasteiger partial charge in [0.2, 0.25) is 0 Å². The predicted octanol–water partition coefficient (Wildman–Crippen LogP) is 5.09. The molecule has 102 valence electrons. The molecule has 1 aromatic carbocycles. The predicted molar refractivity (Wildman–Crippen MR) is 81.8 cm³/mol. The largest absolute Gasteiger partial charge is 0.312 e. The smallest absolute Gasteiger partial charge is 0.0452 e. The van der Waals surface area contributed by atoms with Crippen LogP contribution < -0.4 is 5.32 Å². The van der Waals surface area contributed by atoms with E-state index >= 15 is 0 Å². The maximum Gasteiger partial charge on any atom is 0.0452 e. The molecule has 0 radical (unpaired) electrons. The van der Waals surface area contributed by atoms with E-state index in [2.05, 4.69) is 26.1 Å². The Bertz CT molecular complexity index is 369. The third kappa shape index (κ3) is 6.63.